The highest BCUT2D eigenvalue weighted by Gasteiger charge is 2.36. The molecule has 0 aliphatic carbocycles. The number of halogens is 4. The number of sulfonamides is 1. The molecule has 0 fully saturated rings. The number of alkyl halides is 3. The Morgan fingerprint density at radius 1 is 0.949 bits per heavy atom. The van der Waals surface area contributed by atoms with Crippen molar-refractivity contribution in [1.29, 1.82) is 0 Å². The molecule has 0 spiro atoms. The summed E-state index contributed by atoms with van der Waals surface area (Å²) >= 11 is 5.88. The fourth-order valence-electron chi connectivity index (χ4n) is 3.46. The first-order valence-corrected chi connectivity index (χ1v) is 13.2. The normalized spacial score (nSPS) is 12.4. The zero-order valence-corrected chi connectivity index (χ0v) is 21.7. The maximum atomic E-state index is 13.9. The number of benzene rings is 3. The Morgan fingerprint density at radius 3 is 2.28 bits per heavy atom. The van der Waals surface area contributed by atoms with Gasteiger partial charge in [-0.25, -0.2) is 13.1 Å². The molecule has 3 aromatic carbocycles. The molecule has 202 valence electrons. The highest BCUT2D eigenvalue weighted by atomic mass is 35.5. The topological polar surface area (TPSA) is 94.6 Å². The quantitative estimate of drug-likeness (QED) is 0.248. The van der Waals surface area contributed by atoms with Crippen LogP contribution in [0.25, 0.3) is 0 Å². The van der Waals surface area contributed by atoms with E-state index < -0.39 is 50.0 Å². The summed E-state index contributed by atoms with van der Waals surface area (Å²) in [5, 5.41) is -0.153. The van der Waals surface area contributed by atoms with E-state index in [0.29, 0.717) is 23.3 Å². The molecule has 39 heavy (non-hydrogen) atoms. The Hall–Kier alpha value is -4.09. The number of carbonyl (C=O) groups is 1. The zero-order valence-electron chi connectivity index (χ0n) is 20.1. The fourth-order valence-corrected chi connectivity index (χ4v) is 4.96. The van der Waals surface area contributed by atoms with Crippen molar-refractivity contribution in [1.82, 2.24) is 9.71 Å². The van der Waals surface area contributed by atoms with Crippen LogP contribution in [-0.4, -0.2) is 19.3 Å². The van der Waals surface area contributed by atoms with Crippen molar-refractivity contribution in [3.8, 4) is 17.2 Å². The molecular formula is C27H20ClF3N2O5S. The number of hydrogen-bond donors (Lipinski definition) is 1. The summed E-state index contributed by atoms with van der Waals surface area (Å²) in [4.78, 5) is 16.4. The lowest BCUT2D eigenvalue weighted by atomic mass is 10.1. The Kier molecular flexibility index (Phi) is 8.12. The van der Waals surface area contributed by atoms with E-state index >= 15 is 0 Å². The molecule has 0 radical (unpaired) electrons. The summed E-state index contributed by atoms with van der Waals surface area (Å²) in [7, 11) is -4.44. The minimum atomic E-state index is -4.91. The zero-order chi connectivity index (χ0) is 28.2. The summed E-state index contributed by atoms with van der Waals surface area (Å²) < 4.78 is 79.7. The first-order chi connectivity index (χ1) is 18.4. The van der Waals surface area contributed by atoms with Crippen LogP contribution in [0.1, 0.15) is 34.6 Å². The number of amides is 1. The molecule has 12 heteroatoms. The predicted octanol–water partition coefficient (Wildman–Crippen LogP) is 6.80. The highest BCUT2D eigenvalue weighted by molar-refractivity contribution is 7.90. The average molecular weight is 577 g/mol. The van der Waals surface area contributed by atoms with Gasteiger partial charge in [0.15, 0.2) is 0 Å². The van der Waals surface area contributed by atoms with Crippen LogP contribution in [0.3, 0.4) is 0 Å². The van der Waals surface area contributed by atoms with Gasteiger partial charge in [-0.15, -0.1) is 0 Å². The molecule has 0 saturated carbocycles. The lowest BCUT2D eigenvalue weighted by molar-refractivity contribution is -0.139. The van der Waals surface area contributed by atoms with E-state index in [1.54, 1.807) is 41.1 Å². The molecule has 1 aromatic heterocycles. The van der Waals surface area contributed by atoms with E-state index in [-0.39, 0.29) is 5.02 Å². The molecule has 7 nitrogen and oxygen atoms in total. The molecule has 1 N–H and O–H groups in total. The standard InChI is InChI=1S/C27H20ClF3N2O5S/c1-17(23-13-12-20(16-32-23)38-19-7-3-2-4-8-19)37-24-14-11-18(15-21(24)27(29,30)31)26(34)33-39(35,36)25-10-6-5-9-22(25)28/h2-17H,1H3,(H,33,34). The third kappa shape index (κ3) is 6.87. The van der Waals surface area contributed by atoms with E-state index in [1.807, 2.05) is 6.07 Å². The second-order valence-corrected chi connectivity index (χ2v) is 10.2. The molecule has 0 aliphatic rings. The molecule has 1 heterocycles. The van der Waals surface area contributed by atoms with Crippen LogP contribution in [0.4, 0.5) is 13.2 Å². The Balaban J connectivity index is 1.52. The molecule has 0 saturated heterocycles. The van der Waals surface area contributed by atoms with Gasteiger partial charge >= 0.3 is 6.18 Å². The Bertz CT molecular complexity index is 1580. The smallest absolute Gasteiger partial charge is 0.419 e. The number of para-hydroxylation sites is 1. The summed E-state index contributed by atoms with van der Waals surface area (Å²) in [5.74, 6) is -0.812. The summed E-state index contributed by atoms with van der Waals surface area (Å²) in [6, 6.07) is 19.9. The van der Waals surface area contributed by atoms with Crippen molar-refractivity contribution >= 4 is 27.5 Å². The number of pyridine rings is 1. The molecule has 0 bridgehead atoms. The minimum Gasteiger partial charge on any atom is -0.484 e. The van der Waals surface area contributed by atoms with Crippen LogP contribution in [0, 0.1) is 0 Å². The number of nitrogens with zero attached hydrogens (tertiary/aromatic N) is 1. The van der Waals surface area contributed by atoms with Crippen molar-refractivity contribution < 1.29 is 35.9 Å². The van der Waals surface area contributed by atoms with Gasteiger partial charge < -0.3 is 9.47 Å². The van der Waals surface area contributed by atoms with Gasteiger partial charge in [-0.05, 0) is 61.5 Å². The number of rotatable bonds is 8. The van der Waals surface area contributed by atoms with Crippen molar-refractivity contribution in [2.45, 2.75) is 24.1 Å². The summed E-state index contributed by atoms with van der Waals surface area (Å²) in [5.41, 5.74) is -1.48. The third-order valence-corrected chi connectivity index (χ3v) is 7.19. The predicted molar refractivity (Wildman–Crippen MR) is 137 cm³/mol. The van der Waals surface area contributed by atoms with Crippen LogP contribution in [0.2, 0.25) is 5.02 Å². The van der Waals surface area contributed by atoms with Gasteiger partial charge in [-0.3, -0.25) is 9.78 Å². The van der Waals surface area contributed by atoms with E-state index in [1.165, 1.54) is 31.3 Å². The Morgan fingerprint density at radius 2 is 1.64 bits per heavy atom. The molecule has 0 aliphatic heterocycles. The van der Waals surface area contributed by atoms with Gasteiger partial charge in [0.25, 0.3) is 15.9 Å². The molecular weight excluding hydrogens is 557 g/mol. The highest BCUT2D eigenvalue weighted by Crippen LogP contribution is 2.38. The number of hydrogen-bond acceptors (Lipinski definition) is 6. The minimum absolute atomic E-state index is 0.153. The van der Waals surface area contributed by atoms with Gasteiger partial charge in [0.05, 0.1) is 22.5 Å². The van der Waals surface area contributed by atoms with Gasteiger partial charge in [-0.1, -0.05) is 41.9 Å². The molecule has 4 rings (SSSR count). The summed E-state index contributed by atoms with van der Waals surface area (Å²) in [6.45, 7) is 1.51. The van der Waals surface area contributed by atoms with Crippen LogP contribution < -0.4 is 14.2 Å². The first-order valence-electron chi connectivity index (χ1n) is 11.3. The maximum absolute atomic E-state index is 13.9. The largest absolute Gasteiger partial charge is 0.484 e. The van der Waals surface area contributed by atoms with Crippen molar-refractivity contribution in [3.63, 3.8) is 0 Å². The molecule has 1 atom stereocenters. The van der Waals surface area contributed by atoms with Gasteiger partial charge in [-0.2, -0.15) is 13.2 Å². The molecule has 1 unspecified atom stereocenters. The molecule has 1 amide bonds. The van der Waals surface area contributed by atoms with E-state index in [0.717, 1.165) is 18.2 Å². The third-order valence-electron chi connectivity index (χ3n) is 5.36. The van der Waals surface area contributed by atoms with Gasteiger partial charge in [0.2, 0.25) is 0 Å². The van der Waals surface area contributed by atoms with Crippen molar-refractivity contribution in [2.24, 2.45) is 0 Å². The average Bonchev–Trinajstić information content (AvgIpc) is 2.89. The second-order valence-electron chi connectivity index (χ2n) is 8.17. The lowest BCUT2D eigenvalue weighted by Gasteiger charge is -2.19. The molecule has 4 aromatic rings. The van der Waals surface area contributed by atoms with E-state index in [9.17, 15) is 26.4 Å². The maximum Gasteiger partial charge on any atom is 0.419 e. The number of aromatic nitrogens is 1. The van der Waals surface area contributed by atoms with Crippen molar-refractivity contribution in [3.05, 3.63) is 113 Å². The SMILES string of the molecule is CC(Oc1ccc(C(=O)NS(=O)(=O)c2ccccc2Cl)cc1C(F)(F)F)c1ccc(Oc2ccccc2)cn1. The van der Waals surface area contributed by atoms with Crippen LogP contribution >= 0.6 is 11.6 Å². The number of ether oxygens (including phenoxy) is 2. The first kappa shape index (κ1) is 27.9. The summed E-state index contributed by atoms with van der Waals surface area (Å²) in [6.07, 6.45) is -4.40. The number of carbonyl (C=O) groups excluding carboxylic acids is 1. The van der Waals surface area contributed by atoms with Crippen LogP contribution in [0.15, 0.2) is 96.0 Å². The van der Waals surface area contributed by atoms with E-state index in [4.69, 9.17) is 21.1 Å². The van der Waals surface area contributed by atoms with Crippen LogP contribution in [-0.2, 0) is 16.2 Å². The van der Waals surface area contributed by atoms with Gasteiger partial charge in [0.1, 0.15) is 28.2 Å². The van der Waals surface area contributed by atoms with Crippen LogP contribution in [0.5, 0.6) is 17.2 Å². The van der Waals surface area contributed by atoms with E-state index in [2.05, 4.69) is 4.98 Å². The second kappa shape index (κ2) is 11.3. The monoisotopic (exact) mass is 576 g/mol. The van der Waals surface area contributed by atoms with Gasteiger partial charge in [0, 0.05) is 5.56 Å². The lowest BCUT2D eigenvalue weighted by Crippen LogP contribution is -2.31. The Labute approximate surface area is 227 Å². The number of nitrogens with one attached hydrogen (secondary N) is 1. The fraction of sp³-hybridized carbons (Fsp3) is 0.111. The van der Waals surface area contributed by atoms with Crippen molar-refractivity contribution in [2.75, 3.05) is 0 Å².